The largest absolute Gasteiger partial charge is 0.364 e. The molecular weight excluding hydrogens is 341 g/mol. The Morgan fingerprint density at radius 1 is 1.16 bits per heavy atom. The highest BCUT2D eigenvalue weighted by Crippen LogP contribution is 2.31. The standard InChI is InChI=1S/C19H22FN3O.ClH/c1-13-14(2)23(12-24-4)18-17(13)9-10-21-19(18)22(3)11-15-5-7-16(20)8-6-15;/h5-10H,11-12H2,1-4H3;1H. The molecular formula is C19H23ClFN3O. The minimum atomic E-state index is -0.221. The van der Waals surface area contributed by atoms with Crippen molar-refractivity contribution in [2.75, 3.05) is 19.1 Å². The predicted molar refractivity (Wildman–Crippen MR) is 102 cm³/mol. The molecule has 0 radical (unpaired) electrons. The fraction of sp³-hybridized carbons (Fsp3) is 0.316. The van der Waals surface area contributed by atoms with Crippen LogP contribution in [0.4, 0.5) is 10.2 Å². The molecule has 6 heteroatoms. The number of pyridine rings is 1. The minimum Gasteiger partial charge on any atom is -0.364 e. The molecule has 2 heterocycles. The third-order valence-electron chi connectivity index (χ3n) is 4.48. The maximum Gasteiger partial charge on any atom is 0.153 e. The number of rotatable bonds is 5. The zero-order valence-electron chi connectivity index (χ0n) is 14.9. The summed E-state index contributed by atoms with van der Waals surface area (Å²) < 4.78 is 20.6. The number of nitrogens with zero attached hydrogens (tertiary/aromatic N) is 3. The van der Waals surface area contributed by atoms with Crippen molar-refractivity contribution in [2.24, 2.45) is 0 Å². The molecule has 0 N–H and O–H groups in total. The van der Waals surface area contributed by atoms with Crippen molar-refractivity contribution in [2.45, 2.75) is 27.1 Å². The van der Waals surface area contributed by atoms with E-state index in [0.717, 1.165) is 16.9 Å². The van der Waals surface area contributed by atoms with Crippen molar-refractivity contribution >= 4 is 29.1 Å². The van der Waals surface area contributed by atoms with Gasteiger partial charge in [0.15, 0.2) is 5.82 Å². The molecule has 0 saturated heterocycles. The average molecular weight is 364 g/mol. The highest BCUT2D eigenvalue weighted by Gasteiger charge is 2.17. The first-order chi connectivity index (χ1) is 11.5. The number of hydrogen-bond donors (Lipinski definition) is 0. The third-order valence-corrected chi connectivity index (χ3v) is 4.48. The van der Waals surface area contributed by atoms with Crippen molar-refractivity contribution < 1.29 is 9.13 Å². The Hall–Kier alpha value is -2.11. The molecule has 0 aliphatic rings. The van der Waals surface area contributed by atoms with Crippen LogP contribution in [0.5, 0.6) is 0 Å². The fourth-order valence-corrected chi connectivity index (χ4v) is 3.09. The molecule has 0 atom stereocenters. The summed E-state index contributed by atoms with van der Waals surface area (Å²) >= 11 is 0. The first-order valence-electron chi connectivity index (χ1n) is 7.92. The summed E-state index contributed by atoms with van der Waals surface area (Å²) in [6.07, 6.45) is 1.84. The Labute approximate surface area is 153 Å². The van der Waals surface area contributed by atoms with Gasteiger partial charge < -0.3 is 14.2 Å². The monoisotopic (exact) mass is 363 g/mol. The van der Waals surface area contributed by atoms with Gasteiger partial charge in [-0.15, -0.1) is 12.4 Å². The van der Waals surface area contributed by atoms with E-state index in [1.165, 1.54) is 28.8 Å². The van der Waals surface area contributed by atoms with Crippen LogP contribution in [0.3, 0.4) is 0 Å². The van der Waals surface area contributed by atoms with Crippen molar-refractivity contribution in [1.82, 2.24) is 9.55 Å². The number of benzene rings is 1. The van der Waals surface area contributed by atoms with Crippen LogP contribution >= 0.6 is 12.4 Å². The summed E-state index contributed by atoms with van der Waals surface area (Å²) in [7, 11) is 3.69. The molecule has 25 heavy (non-hydrogen) atoms. The smallest absolute Gasteiger partial charge is 0.153 e. The van der Waals surface area contributed by atoms with Gasteiger partial charge in [0.2, 0.25) is 0 Å². The van der Waals surface area contributed by atoms with Gasteiger partial charge in [-0.25, -0.2) is 9.37 Å². The predicted octanol–water partition coefficient (Wildman–Crippen LogP) is 4.45. The van der Waals surface area contributed by atoms with Crippen molar-refractivity contribution in [3.63, 3.8) is 0 Å². The molecule has 0 aliphatic carbocycles. The van der Waals surface area contributed by atoms with Crippen LogP contribution in [-0.2, 0) is 18.0 Å². The fourth-order valence-electron chi connectivity index (χ4n) is 3.09. The van der Waals surface area contributed by atoms with E-state index in [2.05, 4.69) is 28.3 Å². The van der Waals surface area contributed by atoms with Gasteiger partial charge >= 0.3 is 0 Å². The van der Waals surface area contributed by atoms with Gasteiger partial charge in [0.25, 0.3) is 0 Å². The Morgan fingerprint density at radius 2 is 1.84 bits per heavy atom. The number of hydrogen-bond acceptors (Lipinski definition) is 3. The highest BCUT2D eigenvalue weighted by atomic mass is 35.5. The topological polar surface area (TPSA) is 30.3 Å². The second kappa shape index (κ2) is 7.85. The van der Waals surface area contributed by atoms with E-state index in [0.29, 0.717) is 13.3 Å². The molecule has 0 unspecified atom stereocenters. The van der Waals surface area contributed by atoms with Gasteiger partial charge in [-0.3, -0.25) is 0 Å². The second-order valence-electron chi connectivity index (χ2n) is 6.07. The van der Waals surface area contributed by atoms with Gasteiger partial charge in [0.05, 0.1) is 5.52 Å². The maximum absolute atomic E-state index is 13.1. The van der Waals surface area contributed by atoms with E-state index in [1.54, 1.807) is 19.2 Å². The first kappa shape index (κ1) is 19.2. The Kier molecular flexibility index (Phi) is 6.03. The van der Waals surface area contributed by atoms with Crippen LogP contribution in [0, 0.1) is 19.7 Å². The van der Waals surface area contributed by atoms with Crippen molar-refractivity contribution in [3.8, 4) is 0 Å². The molecule has 2 aromatic heterocycles. The van der Waals surface area contributed by atoms with Crippen LogP contribution in [0.2, 0.25) is 0 Å². The van der Waals surface area contributed by atoms with Crippen LogP contribution in [-0.4, -0.2) is 23.7 Å². The molecule has 4 nitrogen and oxygen atoms in total. The summed E-state index contributed by atoms with van der Waals surface area (Å²) in [5.41, 5.74) is 4.52. The molecule has 3 aromatic rings. The molecule has 0 saturated carbocycles. The normalized spacial score (nSPS) is 10.8. The lowest BCUT2D eigenvalue weighted by Crippen LogP contribution is -2.19. The quantitative estimate of drug-likeness (QED) is 0.670. The van der Waals surface area contributed by atoms with E-state index >= 15 is 0 Å². The van der Waals surface area contributed by atoms with Crippen molar-refractivity contribution in [1.29, 1.82) is 0 Å². The zero-order chi connectivity index (χ0) is 17.3. The zero-order valence-corrected chi connectivity index (χ0v) is 15.7. The highest BCUT2D eigenvalue weighted by molar-refractivity contribution is 5.93. The van der Waals surface area contributed by atoms with Crippen LogP contribution < -0.4 is 4.90 Å². The lowest BCUT2D eigenvalue weighted by Gasteiger charge is -2.20. The van der Waals surface area contributed by atoms with Gasteiger partial charge in [-0.05, 0) is 43.2 Å². The summed E-state index contributed by atoms with van der Waals surface area (Å²) in [5, 5.41) is 1.18. The summed E-state index contributed by atoms with van der Waals surface area (Å²) in [5.74, 6) is 0.673. The van der Waals surface area contributed by atoms with E-state index in [1.807, 2.05) is 19.3 Å². The lowest BCUT2D eigenvalue weighted by molar-refractivity contribution is 0.133. The van der Waals surface area contributed by atoms with Crippen LogP contribution in [0.25, 0.3) is 10.9 Å². The molecule has 0 amide bonds. The Bertz CT molecular complexity index is 861. The number of halogens is 2. The van der Waals surface area contributed by atoms with E-state index in [4.69, 9.17) is 4.74 Å². The lowest BCUT2D eigenvalue weighted by atomic mass is 10.2. The van der Waals surface area contributed by atoms with E-state index < -0.39 is 0 Å². The van der Waals surface area contributed by atoms with Crippen molar-refractivity contribution in [3.05, 3.63) is 59.2 Å². The average Bonchev–Trinajstić information content (AvgIpc) is 2.82. The molecule has 0 aliphatic heterocycles. The summed E-state index contributed by atoms with van der Waals surface area (Å²) in [4.78, 5) is 6.68. The second-order valence-corrected chi connectivity index (χ2v) is 6.07. The molecule has 1 aromatic carbocycles. The first-order valence-corrected chi connectivity index (χ1v) is 7.92. The van der Waals surface area contributed by atoms with Gasteiger partial charge in [-0.1, -0.05) is 12.1 Å². The molecule has 3 rings (SSSR count). The maximum atomic E-state index is 13.1. The number of anilines is 1. The molecule has 0 bridgehead atoms. The van der Waals surface area contributed by atoms with Crippen LogP contribution in [0.15, 0.2) is 36.5 Å². The minimum absolute atomic E-state index is 0. The Balaban J connectivity index is 0.00000225. The van der Waals surface area contributed by atoms with Gasteiger partial charge in [0.1, 0.15) is 12.5 Å². The number of fused-ring (bicyclic) bond motifs is 1. The van der Waals surface area contributed by atoms with Crippen LogP contribution in [0.1, 0.15) is 16.8 Å². The SMILES string of the molecule is COCn1c(C)c(C)c2ccnc(N(C)Cc3ccc(F)cc3)c21.Cl. The Morgan fingerprint density at radius 3 is 2.48 bits per heavy atom. The molecule has 0 fully saturated rings. The molecule has 134 valence electrons. The summed E-state index contributed by atoms with van der Waals surface area (Å²) in [6, 6.07) is 8.62. The number of aryl methyl sites for hydroxylation is 1. The van der Waals surface area contributed by atoms with E-state index in [-0.39, 0.29) is 18.2 Å². The number of ether oxygens (including phenoxy) is 1. The number of aromatic nitrogens is 2. The summed E-state index contributed by atoms with van der Waals surface area (Å²) in [6.45, 7) is 5.35. The van der Waals surface area contributed by atoms with Gasteiger partial charge in [-0.2, -0.15) is 0 Å². The van der Waals surface area contributed by atoms with Gasteiger partial charge in [0, 0.05) is 38.0 Å². The third kappa shape index (κ3) is 3.62. The van der Waals surface area contributed by atoms with E-state index in [9.17, 15) is 4.39 Å². The molecule has 0 spiro atoms. The number of methoxy groups -OCH3 is 1.